The molecule has 2 rings (SSSR count). The molecule has 1 aromatic carbocycles. The monoisotopic (exact) mass is 260 g/mol. The maximum Gasteiger partial charge on any atom is 0.226 e. The van der Waals surface area contributed by atoms with E-state index in [2.05, 4.69) is 6.92 Å². The van der Waals surface area contributed by atoms with E-state index >= 15 is 0 Å². The van der Waals surface area contributed by atoms with Gasteiger partial charge in [-0.2, -0.15) is 0 Å². The number of anilines is 1. The van der Waals surface area contributed by atoms with Crippen LogP contribution in [-0.2, 0) is 11.2 Å². The van der Waals surface area contributed by atoms with Gasteiger partial charge in [0.2, 0.25) is 5.91 Å². The number of likely N-dealkylation sites (N-methyl/N-ethyl adjacent to an activating group) is 1. The number of carbonyl (C=O) groups excluding carboxylic acids is 1. The normalized spacial score (nSPS) is 23.1. The third-order valence-electron chi connectivity index (χ3n) is 4.26. The van der Waals surface area contributed by atoms with Gasteiger partial charge in [0.1, 0.15) is 0 Å². The highest BCUT2D eigenvalue weighted by Gasteiger charge is 2.27. The van der Waals surface area contributed by atoms with Crippen molar-refractivity contribution in [3.8, 4) is 0 Å². The van der Waals surface area contributed by atoms with E-state index in [9.17, 15) is 4.79 Å². The molecule has 0 spiro atoms. The van der Waals surface area contributed by atoms with Crippen LogP contribution in [0.3, 0.4) is 0 Å². The van der Waals surface area contributed by atoms with Crippen LogP contribution in [0.2, 0.25) is 0 Å². The molecule has 0 aromatic heterocycles. The van der Waals surface area contributed by atoms with Crippen molar-refractivity contribution in [2.75, 3.05) is 12.8 Å². The van der Waals surface area contributed by atoms with Crippen LogP contribution in [0, 0.1) is 5.92 Å². The molecule has 1 saturated carbocycles. The predicted octanol–water partition coefficient (Wildman–Crippen LogP) is 2.85. The molecule has 1 aliphatic rings. The quantitative estimate of drug-likeness (QED) is 0.849. The molecule has 19 heavy (non-hydrogen) atoms. The standard InChI is InChI=1S/C16H24N2O/c1-12-6-3-4-9-15(12)18(2)16(19)11-13-7-5-8-14(17)10-13/h5,7-8,10,12,15H,3-4,6,9,11,17H2,1-2H3. The second-order valence-corrected chi connectivity index (χ2v) is 5.76. The van der Waals surface area contributed by atoms with E-state index < -0.39 is 0 Å². The lowest BCUT2D eigenvalue weighted by atomic mass is 9.85. The smallest absolute Gasteiger partial charge is 0.226 e. The number of nitrogen functional groups attached to an aromatic ring is 1. The van der Waals surface area contributed by atoms with E-state index in [-0.39, 0.29) is 5.91 Å². The van der Waals surface area contributed by atoms with Crippen molar-refractivity contribution in [3.63, 3.8) is 0 Å². The van der Waals surface area contributed by atoms with E-state index in [1.165, 1.54) is 19.3 Å². The molecule has 104 valence electrons. The van der Waals surface area contributed by atoms with Crippen molar-refractivity contribution >= 4 is 11.6 Å². The molecule has 0 bridgehead atoms. The number of benzene rings is 1. The predicted molar refractivity (Wildman–Crippen MR) is 78.7 cm³/mol. The van der Waals surface area contributed by atoms with Crippen LogP contribution < -0.4 is 5.73 Å². The molecule has 0 aliphatic heterocycles. The van der Waals surface area contributed by atoms with Crippen molar-refractivity contribution < 1.29 is 4.79 Å². The Bertz CT molecular complexity index is 444. The molecule has 1 amide bonds. The molecule has 0 saturated heterocycles. The first-order valence-corrected chi connectivity index (χ1v) is 7.18. The fourth-order valence-electron chi connectivity index (χ4n) is 3.06. The van der Waals surface area contributed by atoms with E-state index in [4.69, 9.17) is 5.73 Å². The number of nitrogens with two attached hydrogens (primary N) is 1. The van der Waals surface area contributed by atoms with E-state index in [0.29, 0.717) is 18.4 Å². The Morgan fingerprint density at radius 1 is 1.37 bits per heavy atom. The van der Waals surface area contributed by atoms with Gasteiger partial charge in [-0.15, -0.1) is 0 Å². The van der Waals surface area contributed by atoms with Gasteiger partial charge in [0.25, 0.3) is 0 Å². The maximum absolute atomic E-state index is 12.4. The summed E-state index contributed by atoms with van der Waals surface area (Å²) in [5.74, 6) is 0.813. The zero-order valence-corrected chi connectivity index (χ0v) is 11.9. The summed E-state index contributed by atoms with van der Waals surface area (Å²) < 4.78 is 0. The van der Waals surface area contributed by atoms with Gasteiger partial charge in [-0.3, -0.25) is 4.79 Å². The second-order valence-electron chi connectivity index (χ2n) is 5.76. The lowest BCUT2D eigenvalue weighted by Gasteiger charge is -2.36. The van der Waals surface area contributed by atoms with Crippen LogP contribution >= 0.6 is 0 Å². The van der Waals surface area contributed by atoms with E-state index in [1.807, 2.05) is 36.2 Å². The molecule has 0 radical (unpaired) electrons. The van der Waals surface area contributed by atoms with Crippen LogP contribution in [0.5, 0.6) is 0 Å². The number of carbonyl (C=O) groups is 1. The molecule has 0 heterocycles. The van der Waals surface area contributed by atoms with Crippen molar-refractivity contribution in [2.24, 2.45) is 5.92 Å². The van der Waals surface area contributed by atoms with Gasteiger partial charge in [-0.25, -0.2) is 0 Å². The minimum atomic E-state index is 0.198. The fourth-order valence-corrected chi connectivity index (χ4v) is 3.06. The molecule has 2 N–H and O–H groups in total. The Labute approximate surface area is 115 Å². The van der Waals surface area contributed by atoms with Crippen LogP contribution in [0.15, 0.2) is 24.3 Å². The van der Waals surface area contributed by atoms with Gasteiger partial charge in [0, 0.05) is 18.8 Å². The van der Waals surface area contributed by atoms with Crippen LogP contribution in [-0.4, -0.2) is 23.9 Å². The molecule has 1 aromatic rings. The topological polar surface area (TPSA) is 46.3 Å². The first-order valence-electron chi connectivity index (χ1n) is 7.18. The Balaban J connectivity index is 1.99. The van der Waals surface area contributed by atoms with Gasteiger partial charge in [-0.1, -0.05) is 31.9 Å². The highest BCUT2D eigenvalue weighted by molar-refractivity contribution is 5.79. The van der Waals surface area contributed by atoms with Gasteiger partial charge in [0.05, 0.1) is 6.42 Å². The zero-order chi connectivity index (χ0) is 13.8. The van der Waals surface area contributed by atoms with Crippen molar-refractivity contribution in [1.82, 2.24) is 4.90 Å². The zero-order valence-electron chi connectivity index (χ0n) is 11.9. The highest BCUT2D eigenvalue weighted by Crippen LogP contribution is 2.27. The number of amides is 1. The lowest BCUT2D eigenvalue weighted by Crippen LogP contribution is -2.43. The Hall–Kier alpha value is -1.51. The van der Waals surface area contributed by atoms with Gasteiger partial charge >= 0.3 is 0 Å². The fraction of sp³-hybridized carbons (Fsp3) is 0.562. The summed E-state index contributed by atoms with van der Waals surface area (Å²) in [6.45, 7) is 2.26. The molecule has 3 nitrogen and oxygen atoms in total. The van der Waals surface area contributed by atoms with Gasteiger partial charge < -0.3 is 10.6 Å². The Kier molecular flexibility index (Phi) is 4.46. The Morgan fingerprint density at radius 3 is 2.79 bits per heavy atom. The largest absolute Gasteiger partial charge is 0.399 e. The van der Waals surface area contributed by atoms with Gasteiger partial charge in [-0.05, 0) is 36.5 Å². The minimum absolute atomic E-state index is 0.198. The summed E-state index contributed by atoms with van der Waals surface area (Å²) in [6.07, 6.45) is 5.37. The number of hydrogen-bond acceptors (Lipinski definition) is 2. The summed E-state index contributed by atoms with van der Waals surface area (Å²) in [5, 5.41) is 0. The third kappa shape index (κ3) is 3.49. The second kappa shape index (κ2) is 6.09. The van der Waals surface area contributed by atoms with E-state index in [1.54, 1.807) is 0 Å². The number of nitrogens with zero attached hydrogens (tertiary/aromatic N) is 1. The van der Waals surface area contributed by atoms with Crippen LogP contribution in [0.4, 0.5) is 5.69 Å². The summed E-state index contributed by atoms with van der Waals surface area (Å²) in [7, 11) is 1.95. The molecule has 2 atom stereocenters. The minimum Gasteiger partial charge on any atom is -0.399 e. The number of rotatable bonds is 3. The lowest BCUT2D eigenvalue weighted by molar-refractivity contribution is -0.132. The molecule has 3 heteroatoms. The molecular formula is C16H24N2O. The van der Waals surface area contributed by atoms with Crippen molar-refractivity contribution in [1.29, 1.82) is 0 Å². The molecular weight excluding hydrogens is 236 g/mol. The molecule has 2 unspecified atom stereocenters. The first-order chi connectivity index (χ1) is 9.08. The maximum atomic E-state index is 12.4. The van der Waals surface area contributed by atoms with Crippen LogP contribution in [0.1, 0.15) is 38.2 Å². The Morgan fingerprint density at radius 2 is 2.11 bits per heavy atom. The summed E-state index contributed by atoms with van der Waals surface area (Å²) in [5.41, 5.74) is 7.47. The highest BCUT2D eigenvalue weighted by atomic mass is 16.2. The summed E-state index contributed by atoms with van der Waals surface area (Å²) >= 11 is 0. The average Bonchev–Trinajstić information content (AvgIpc) is 2.38. The molecule has 1 aliphatic carbocycles. The van der Waals surface area contributed by atoms with Crippen molar-refractivity contribution in [3.05, 3.63) is 29.8 Å². The molecule has 1 fully saturated rings. The first kappa shape index (κ1) is 13.9. The summed E-state index contributed by atoms with van der Waals surface area (Å²) in [4.78, 5) is 14.3. The van der Waals surface area contributed by atoms with E-state index in [0.717, 1.165) is 17.7 Å². The van der Waals surface area contributed by atoms with Crippen molar-refractivity contribution in [2.45, 2.75) is 45.1 Å². The SMILES string of the molecule is CC1CCCCC1N(C)C(=O)Cc1cccc(N)c1. The van der Waals surface area contributed by atoms with Gasteiger partial charge in [0.15, 0.2) is 0 Å². The number of hydrogen-bond donors (Lipinski definition) is 1. The summed E-state index contributed by atoms with van der Waals surface area (Å²) in [6, 6.07) is 8.01. The average molecular weight is 260 g/mol. The third-order valence-corrected chi connectivity index (χ3v) is 4.26. The van der Waals surface area contributed by atoms with Crippen LogP contribution in [0.25, 0.3) is 0 Å².